The first-order chi connectivity index (χ1) is 8.95. The van der Waals surface area contributed by atoms with E-state index < -0.39 is 5.91 Å². The van der Waals surface area contributed by atoms with Gasteiger partial charge in [0.2, 0.25) is 0 Å². The van der Waals surface area contributed by atoms with Crippen molar-refractivity contribution in [3.8, 4) is 6.07 Å². The van der Waals surface area contributed by atoms with E-state index in [-0.39, 0.29) is 11.6 Å². The Morgan fingerprint density at radius 1 is 1.47 bits per heavy atom. The Morgan fingerprint density at radius 3 is 2.74 bits per heavy atom. The summed E-state index contributed by atoms with van der Waals surface area (Å²) < 4.78 is 0. The highest BCUT2D eigenvalue weighted by Crippen LogP contribution is 2.23. The molecule has 0 fully saturated rings. The number of hydrogen-bond acceptors (Lipinski definition) is 3. The third-order valence-electron chi connectivity index (χ3n) is 2.44. The number of nitrogens with one attached hydrogen (secondary N) is 2. The van der Waals surface area contributed by atoms with E-state index in [2.05, 4.69) is 10.6 Å². The van der Waals surface area contributed by atoms with Crippen LogP contribution in [-0.4, -0.2) is 11.9 Å². The standard InChI is InChI=1S/C14H16ClN3O/c1-9(2)17-8-11(7-16)14(19)18-13-6-4-5-12(15)10(13)3/h4-6,8-9,17H,1-3H3,(H,18,19)/b11-8-. The number of carbonyl (C=O) groups excluding carboxylic acids is 1. The lowest BCUT2D eigenvalue weighted by Crippen LogP contribution is -2.20. The van der Waals surface area contributed by atoms with E-state index in [1.807, 2.05) is 19.9 Å². The molecule has 1 aromatic carbocycles. The Labute approximate surface area is 118 Å². The monoisotopic (exact) mass is 277 g/mol. The number of benzene rings is 1. The Hall–Kier alpha value is -1.99. The van der Waals surface area contributed by atoms with Gasteiger partial charge in [-0.1, -0.05) is 17.7 Å². The van der Waals surface area contributed by atoms with E-state index in [1.165, 1.54) is 6.20 Å². The van der Waals surface area contributed by atoms with Gasteiger partial charge in [-0.15, -0.1) is 0 Å². The van der Waals surface area contributed by atoms with Crippen LogP contribution >= 0.6 is 11.6 Å². The van der Waals surface area contributed by atoms with E-state index in [0.29, 0.717) is 10.7 Å². The number of carbonyl (C=O) groups is 1. The lowest BCUT2D eigenvalue weighted by atomic mass is 10.2. The van der Waals surface area contributed by atoms with Crippen molar-refractivity contribution in [1.82, 2.24) is 5.32 Å². The molecule has 2 N–H and O–H groups in total. The lowest BCUT2D eigenvalue weighted by Gasteiger charge is -2.09. The summed E-state index contributed by atoms with van der Waals surface area (Å²) in [5, 5.41) is 15.1. The lowest BCUT2D eigenvalue weighted by molar-refractivity contribution is -0.112. The van der Waals surface area contributed by atoms with E-state index in [0.717, 1.165) is 5.56 Å². The first-order valence-corrected chi connectivity index (χ1v) is 6.26. The molecule has 0 aliphatic carbocycles. The van der Waals surface area contributed by atoms with Crippen molar-refractivity contribution < 1.29 is 4.79 Å². The number of nitriles is 1. The molecule has 100 valence electrons. The van der Waals surface area contributed by atoms with E-state index >= 15 is 0 Å². The zero-order chi connectivity index (χ0) is 14.4. The van der Waals surface area contributed by atoms with Gasteiger partial charge in [-0.25, -0.2) is 0 Å². The van der Waals surface area contributed by atoms with Crippen molar-refractivity contribution in [2.45, 2.75) is 26.8 Å². The number of nitrogens with zero attached hydrogens (tertiary/aromatic N) is 1. The van der Waals surface area contributed by atoms with Gasteiger partial charge in [-0.2, -0.15) is 5.26 Å². The molecule has 0 heterocycles. The molecule has 4 nitrogen and oxygen atoms in total. The van der Waals surface area contributed by atoms with Crippen LogP contribution in [0.25, 0.3) is 0 Å². The summed E-state index contributed by atoms with van der Waals surface area (Å²) in [6.45, 7) is 5.65. The average molecular weight is 278 g/mol. The number of hydrogen-bond donors (Lipinski definition) is 2. The Bertz CT molecular complexity index is 544. The maximum absolute atomic E-state index is 11.9. The van der Waals surface area contributed by atoms with Gasteiger partial charge < -0.3 is 10.6 Å². The van der Waals surface area contributed by atoms with E-state index in [4.69, 9.17) is 16.9 Å². The molecule has 0 saturated heterocycles. The molecule has 19 heavy (non-hydrogen) atoms. The Kier molecular flexibility index (Phi) is 5.40. The molecule has 0 atom stereocenters. The number of anilines is 1. The van der Waals surface area contributed by atoms with Gasteiger partial charge in [0.15, 0.2) is 0 Å². The van der Waals surface area contributed by atoms with E-state index in [9.17, 15) is 4.79 Å². The molecule has 1 aromatic rings. The van der Waals surface area contributed by atoms with Crippen LogP contribution in [0.5, 0.6) is 0 Å². The van der Waals surface area contributed by atoms with Crippen LogP contribution in [-0.2, 0) is 4.79 Å². The topological polar surface area (TPSA) is 64.9 Å². The van der Waals surface area contributed by atoms with Crippen molar-refractivity contribution in [3.05, 3.63) is 40.6 Å². The minimum Gasteiger partial charge on any atom is -0.387 e. The van der Waals surface area contributed by atoms with Crippen molar-refractivity contribution in [3.63, 3.8) is 0 Å². The zero-order valence-corrected chi connectivity index (χ0v) is 11.9. The summed E-state index contributed by atoms with van der Waals surface area (Å²) in [6, 6.07) is 7.25. The maximum atomic E-state index is 11.9. The van der Waals surface area contributed by atoms with Crippen LogP contribution in [0.1, 0.15) is 19.4 Å². The summed E-state index contributed by atoms with van der Waals surface area (Å²) in [6.07, 6.45) is 1.42. The molecule has 1 rings (SSSR count). The molecule has 0 radical (unpaired) electrons. The van der Waals surface area contributed by atoms with E-state index in [1.54, 1.807) is 25.1 Å². The molecule has 0 spiro atoms. The Morgan fingerprint density at radius 2 is 2.16 bits per heavy atom. The molecule has 0 bridgehead atoms. The highest BCUT2D eigenvalue weighted by molar-refractivity contribution is 6.31. The molecule has 1 amide bonds. The highest BCUT2D eigenvalue weighted by Gasteiger charge is 2.11. The quantitative estimate of drug-likeness (QED) is 0.657. The maximum Gasteiger partial charge on any atom is 0.267 e. The molecule has 0 saturated carbocycles. The van der Waals surface area contributed by atoms with Crippen LogP contribution < -0.4 is 10.6 Å². The van der Waals surface area contributed by atoms with Gasteiger partial charge in [0.1, 0.15) is 11.6 Å². The minimum atomic E-state index is -0.457. The van der Waals surface area contributed by atoms with Crippen LogP contribution in [0, 0.1) is 18.3 Å². The average Bonchev–Trinajstić information content (AvgIpc) is 2.35. The van der Waals surface area contributed by atoms with Gasteiger partial charge in [-0.3, -0.25) is 4.79 Å². The second-order valence-electron chi connectivity index (χ2n) is 4.36. The van der Waals surface area contributed by atoms with Gasteiger partial charge in [0.05, 0.1) is 0 Å². The smallest absolute Gasteiger partial charge is 0.267 e. The van der Waals surface area contributed by atoms with Crippen molar-refractivity contribution >= 4 is 23.2 Å². The molecule has 0 aromatic heterocycles. The molecular weight excluding hydrogens is 262 g/mol. The first-order valence-electron chi connectivity index (χ1n) is 5.88. The van der Waals surface area contributed by atoms with Gasteiger partial charge in [0.25, 0.3) is 5.91 Å². The summed E-state index contributed by atoms with van der Waals surface area (Å²) in [5.41, 5.74) is 1.39. The summed E-state index contributed by atoms with van der Waals surface area (Å²) in [7, 11) is 0. The van der Waals surface area contributed by atoms with Crippen molar-refractivity contribution in [2.75, 3.05) is 5.32 Å². The van der Waals surface area contributed by atoms with Crippen molar-refractivity contribution in [1.29, 1.82) is 5.26 Å². The van der Waals surface area contributed by atoms with Crippen LogP contribution in [0.4, 0.5) is 5.69 Å². The fraction of sp³-hybridized carbons (Fsp3) is 0.286. The Balaban J connectivity index is 2.87. The highest BCUT2D eigenvalue weighted by atomic mass is 35.5. The molecule has 0 aliphatic rings. The first kappa shape index (κ1) is 15.1. The fourth-order valence-electron chi connectivity index (χ4n) is 1.33. The van der Waals surface area contributed by atoms with Gasteiger partial charge in [-0.05, 0) is 38.5 Å². The SMILES string of the molecule is Cc1c(Cl)cccc1NC(=O)/C(C#N)=C\NC(C)C. The van der Waals surface area contributed by atoms with Gasteiger partial charge >= 0.3 is 0 Å². The second-order valence-corrected chi connectivity index (χ2v) is 4.76. The normalized spacial score (nSPS) is 11.1. The number of halogens is 1. The van der Waals surface area contributed by atoms with Crippen molar-refractivity contribution in [2.24, 2.45) is 0 Å². The number of rotatable bonds is 4. The van der Waals surface area contributed by atoms with Crippen LogP contribution in [0.15, 0.2) is 30.0 Å². The molecular formula is C14H16ClN3O. The molecule has 0 unspecified atom stereocenters. The van der Waals surface area contributed by atoms with Crippen LogP contribution in [0.3, 0.4) is 0 Å². The third kappa shape index (κ3) is 4.31. The predicted octanol–water partition coefficient (Wildman–Crippen LogP) is 2.99. The molecule has 0 aliphatic heterocycles. The van der Waals surface area contributed by atoms with Gasteiger partial charge in [0, 0.05) is 23.0 Å². The predicted molar refractivity (Wildman–Crippen MR) is 76.8 cm³/mol. The summed E-state index contributed by atoms with van der Waals surface area (Å²) >= 11 is 5.97. The zero-order valence-electron chi connectivity index (χ0n) is 11.1. The van der Waals surface area contributed by atoms with Crippen LogP contribution in [0.2, 0.25) is 5.02 Å². The minimum absolute atomic E-state index is 0.0214. The second kappa shape index (κ2) is 6.81. The third-order valence-corrected chi connectivity index (χ3v) is 2.85. The largest absolute Gasteiger partial charge is 0.387 e. The fourth-order valence-corrected chi connectivity index (χ4v) is 1.51. The number of amides is 1. The summed E-state index contributed by atoms with van der Waals surface area (Å²) in [4.78, 5) is 11.9. The molecule has 5 heteroatoms. The summed E-state index contributed by atoms with van der Waals surface area (Å²) in [5.74, 6) is -0.457.